The van der Waals surface area contributed by atoms with Gasteiger partial charge in [-0.25, -0.2) is 0 Å². The zero-order chi connectivity index (χ0) is 18.9. The monoisotopic (exact) mass is 374 g/mol. The summed E-state index contributed by atoms with van der Waals surface area (Å²) >= 11 is 0. The highest BCUT2D eigenvalue weighted by molar-refractivity contribution is 5.88. The van der Waals surface area contributed by atoms with Crippen LogP contribution >= 0.6 is 0 Å². The van der Waals surface area contributed by atoms with Crippen molar-refractivity contribution in [3.63, 3.8) is 0 Å². The lowest BCUT2D eigenvalue weighted by Crippen LogP contribution is -2.57. The molecule has 1 saturated carbocycles. The van der Waals surface area contributed by atoms with Crippen LogP contribution < -0.4 is 15.4 Å². The van der Waals surface area contributed by atoms with E-state index in [4.69, 9.17) is 4.74 Å². The molecule has 3 rings (SSSR count). The van der Waals surface area contributed by atoms with Crippen LogP contribution in [0.2, 0.25) is 0 Å². The maximum absolute atomic E-state index is 12.3. The van der Waals surface area contributed by atoms with E-state index < -0.39 is 0 Å². The summed E-state index contributed by atoms with van der Waals surface area (Å²) in [5, 5.41) is 5.76. The zero-order valence-corrected chi connectivity index (χ0v) is 15.9. The maximum Gasteiger partial charge on any atom is 0.237 e. The third-order valence-electron chi connectivity index (χ3n) is 5.37. The van der Waals surface area contributed by atoms with E-state index in [2.05, 4.69) is 20.5 Å². The molecule has 0 radical (unpaired) electrons. The Bertz CT molecular complexity index is 605. The lowest BCUT2D eigenvalue weighted by Gasteiger charge is -2.37. The molecule has 1 aliphatic heterocycles. The third kappa shape index (κ3) is 6.20. The van der Waals surface area contributed by atoms with E-state index in [9.17, 15) is 9.59 Å². The first-order valence-corrected chi connectivity index (χ1v) is 10.0. The molecule has 2 heterocycles. The first kappa shape index (κ1) is 19.6. The van der Waals surface area contributed by atoms with Crippen LogP contribution in [-0.4, -0.2) is 60.5 Å². The molecule has 0 aromatic carbocycles. The number of piperazine rings is 1. The van der Waals surface area contributed by atoms with Crippen molar-refractivity contribution in [2.45, 2.75) is 44.6 Å². The molecule has 2 aliphatic rings. The Hall–Kier alpha value is -2.15. The van der Waals surface area contributed by atoms with Gasteiger partial charge in [-0.1, -0.05) is 19.3 Å². The summed E-state index contributed by atoms with van der Waals surface area (Å²) in [6.07, 6.45) is 9.89. The number of amides is 2. The van der Waals surface area contributed by atoms with Gasteiger partial charge in [-0.15, -0.1) is 0 Å². The van der Waals surface area contributed by atoms with Crippen LogP contribution in [0.5, 0.6) is 5.75 Å². The molecule has 7 heteroatoms. The minimum absolute atomic E-state index is 0.0289. The molecular formula is C20H30N4O3. The van der Waals surface area contributed by atoms with Crippen molar-refractivity contribution in [3.05, 3.63) is 24.5 Å². The Morgan fingerprint density at radius 1 is 1.33 bits per heavy atom. The number of pyridine rings is 1. The molecule has 7 nitrogen and oxygen atoms in total. The van der Waals surface area contributed by atoms with Crippen molar-refractivity contribution in [1.82, 2.24) is 20.5 Å². The van der Waals surface area contributed by atoms with Crippen molar-refractivity contribution < 1.29 is 14.3 Å². The van der Waals surface area contributed by atoms with E-state index in [0.717, 1.165) is 13.1 Å². The van der Waals surface area contributed by atoms with Gasteiger partial charge >= 0.3 is 0 Å². The predicted octanol–water partition coefficient (Wildman–Crippen LogP) is 1.35. The summed E-state index contributed by atoms with van der Waals surface area (Å²) < 4.78 is 5.52. The molecule has 0 unspecified atom stereocenters. The highest BCUT2D eigenvalue weighted by Crippen LogP contribution is 2.25. The van der Waals surface area contributed by atoms with Crippen LogP contribution in [0.3, 0.4) is 0 Å². The van der Waals surface area contributed by atoms with Gasteiger partial charge in [-0.2, -0.15) is 0 Å². The minimum atomic E-state index is -0.361. The van der Waals surface area contributed by atoms with Crippen molar-refractivity contribution in [2.24, 2.45) is 5.92 Å². The second kappa shape index (κ2) is 10.3. The fourth-order valence-corrected chi connectivity index (χ4v) is 3.94. The van der Waals surface area contributed by atoms with Crippen molar-refractivity contribution in [2.75, 3.05) is 32.8 Å². The zero-order valence-electron chi connectivity index (χ0n) is 15.9. The predicted molar refractivity (Wildman–Crippen MR) is 102 cm³/mol. The fraction of sp³-hybridized carbons (Fsp3) is 0.650. The number of carbonyl (C=O) groups excluding carboxylic acids is 2. The Kier molecular flexibility index (Phi) is 7.45. The van der Waals surface area contributed by atoms with Gasteiger partial charge in [0.05, 0.1) is 25.2 Å². The van der Waals surface area contributed by atoms with Gasteiger partial charge in [0, 0.05) is 25.8 Å². The largest absolute Gasteiger partial charge is 0.490 e. The summed E-state index contributed by atoms with van der Waals surface area (Å²) in [4.78, 5) is 30.8. The highest BCUT2D eigenvalue weighted by atomic mass is 16.5. The van der Waals surface area contributed by atoms with Gasteiger partial charge in [0.15, 0.2) is 0 Å². The van der Waals surface area contributed by atoms with Crippen LogP contribution in [0, 0.1) is 5.92 Å². The first-order chi connectivity index (χ1) is 13.2. The average Bonchev–Trinajstić information content (AvgIpc) is 2.70. The van der Waals surface area contributed by atoms with Crippen LogP contribution in [0.15, 0.2) is 24.5 Å². The molecule has 1 aromatic rings. The fourth-order valence-electron chi connectivity index (χ4n) is 3.94. The standard InChI is InChI=1S/C20H30N4O3/c25-19(22-10-12-27-17-7-4-8-21-14-17)13-18-20(26)23-9-11-24(18)15-16-5-2-1-3-6-16/h4,7-8,14,16,18H,1-3,5-6,9-13,15H2,(H,22,25)(H,23,26)/t18-/m0/s1. The van der Waals surface area contributed by atoms with Gasteiger partial charge in [0.25, 0.3) is 0 Å². The van der Waals surface area contributed by atoms with Crippen molar-refractivity contribution in [3.8, 4) is 5.75 Å². The summed E-state index contributed by atoms with van der Waals surface area (Å²) in [6.45, 7) is 3.20. The average molecular weight is 374 g/mol. The number of aromatic nitrogens is 1. The summed E-state index contributed by atoms with van der Waals surface area (Å²) in [7, 11) is 0. The second-order valence-corrected chi connectivity index (χ2v) is 7.40. The number of carbonyl (C=O) groups is 2. The molecule has 2 amide bonds. The number of hydrogen-bond acceptors (Lipinski definition) is 5. The summed E-state index contributed by atoms with van der Waals surface area (Å²) in [5.41, 5.74) is 0. The van der Waals surface area contributed by atoms with Crippen LogP contribution in [0.25, 0.3) is 0 Å². The molecule has 1 saturated heterocycles. The van der Waals surface area contributed by atoms with Crippen LogP contribution in [0.1, 0.15) is 38.5 Å². The number of hydrogen-bond donors (Lipinski definition) is 2. The lowest BCUT2D eigenvalue weighted by molar-refractivity contribution is -0.134. The molecule has 2 N–H and O–H groups in total. The molecular weight excluding hydrogens is 344 g/mol. The van der Waals surface area contributed by atoms with Crippen molar-refractivity contribution in [1.29, 1.82) is 0 Å². The number of nitrogens with one attached hydrogen (secondary N) is 2. The van der Waals surface area contributed by atoms with Gasteiger partial charge in [-0.3, -0.25) is 19.5 Å². The van der Waals surface area contributed by atoms with Crippen LogP contribution in [0.4, 0.5) is 0 Å². The highest BCUT2D eigenvalue weighted by Gasteiger charge is 2.33. The van der Waals surface area contributed by atoms with Gasteiger partial charge in [-0.05, 0) is 30.9 Å². The van der Waals surface area contributed by atoms with E-state index in [1.807, 2.05) is 6.07 Å². The van der Waals surface area contributed by atoms with E-state index in [1.165, 1.54) is 32.1 Å². The second-order valence-electron chi connectivity index (χ2n) is 7.40. The first-order valence-electron chi connectivity index (χ1n) is 10.0. The molecule has 1 atom stereocenters. The smallest absolute Gasteiger partial charge is 0.237 e. The molecule has 148 valence electrons. The van der Waals surface area contributed by atoms with E-state index >= 15 is 0 Å². The Labute approximate surface area is 160 Å². The topological polar surface area (TPSA) is 83.6 Å². The molecule has 1 aliphatic carbocycles. The summed E-state index contributed by atoms with van der Waals surface area (Å²) in [5.74, 6) is 1.19. The van der Waals surface area contributed by atoms with Crippen molar-refractivity contribution >= 4 is 11.8 Å². The number of rotatable bonds is 8. The Balaban J connectivity index is 1.42. The van der Waals surface area contributed by atoms with E-state index in [0.29, 0.717) is 31.4 Å². The maximum atomic E-state index is 12.3. The quantitative estimate of drug-likeness (QED) is 0.671. The van der Waals surface area contributed by atoms with E-state index in [1.54, 1.807) is 18.5 Å². The van der Waals surface area contributed by atoms with Gasteiger partial charge in [0.1, 0.15) is 12.4 Å². The number of nitrogens with zero attached hydrogens (tertiary/aromatic N) is 2. The Morgan fingerprint density at radius 2 is 2.19 bits per heavy atom. The van der Waals surface area contributed by atoms with Gasteiger partial charge < -0.3 is 15.4 Å². The molecule has 0 spiro atoms. The molecule has 0 bridgehead atoms. The summed E-state index contributed by atoms with van der Waals surface area (Å²) in [6, 6.07) is 3.26. The lowest BCUT2D eigenvalue weighted by atomic mass is 9.88. The molecule has 27 heavy (non-hydrogen) atoms. The van der Waals surface area contributed by atoms with E-state index in [-0.39, 0.29) is 24.3 Å². The van der Waals surface area contributed by atoms with Crippen LogP contribution in [-0.2, 0) is 9.59 Å². The molecule has 1 aromatic heterocycles. The van der Waals surface area contributed by atoms with Gasteiger partial charge in [0.2, 0.25) is 11.8 Å². The Morgan fingerprint density at radius 3 is 2.96 bits per heavy atom. The number of ether oxygens (including phenoxy) is 1. The normalized spacial score (nSPS) is 21.5. The third-order valence-corrected chi connectivity index (χ3v) is 5.37. The minimum Gasteiger partial charge on any atom is -0.490 e. The molecule has 2 fully saturated rings. The SMILES string of the molecule is O=C(C[C@H]1C(=O)NCCN1CC1CCCCC1)NCCOc1cccnc1.